The minimum atomic E-state index is 0.464. The normalized spacial score (nSPS) is 9.95. The third-order valence-electron chi connectivity index (χ3n) is 2.43. The lowest BCUT2D eigenvalue weighted by Crippen LogP contribution is -2.19. The van der Waals surface area contributed by atoms with Gasteiger partial charge in [-0.3, -0.25) is 0 Å². The highest BCUT2D eigenvalue weighted by molar-refractivity contribution is 7.80. The minimum absolute atomic E-state index is 0.464. The van der Waals surface area contributed by atoms with Gasteiger partial charge in [0.1, 0.15) is 0 Å². The Labute approximate surface area is 121 Å². The van der Waals surface area contributed by atoms with Crippen LogP contribution in [0, 0.1) is 0 Å². The van der Waals surface area contributed by atoms with Gasteiger partial charge in [-0.15, -0.1) is 0 Å². The zero-order chi connectivity index (χ0) is 13.8. The van der Waals surface area contributed by atoms with Crippen molar-refractivity contribution in [3.8, 4) is 0 Å². The summed E-state index contributed by atoms with van der Waals surface area (Å²) in [4.78, 5) is 0. The molecule has 0 aliphatic carbocycles. The van der Waals surface area contributed by atoms with Gasteiger partial charge in [0.05, 0.1) is 10.7 Å². The molecule has 6 N–H and O–H groups in total. The van der Waals surface area contributed by atoms with E-state index in [2.05, 4.69) is 10.6 Å². The SMILES string of the molecule is Nc1ccc(NC(=S)Nc2ccc(N)c(Cl)c2)cc1. The van der Waals surface area contributed by atoms with Gasteiger partial charge in [-0.25, -0.2) is 0 Å². The summed E-state index contributed by atoms with van der Waals surface area (Å²) in [5.41, 5.74) is 14.1. The Morgan fingerprint density at radius 1 is 0.947 bits per heavy atom. The smallest absolute Gasteiger partial charge is 0.175 e. The molecule has 2 aromatic carbocycles. The minimum Gasteiger partial charge on any atom is -0.399 e. The first-order chi connectivity index (χ1) is 9.04. The number of nitrogens with one attached hydrogen (secondary N) is 2. The van der Waals surface area contributed by atoms with Gasteiger partial charge in [-0.2, -0.15) is 0 Å². The average molecular weight is 293 g/mol. The Morgan fingerprint density at radius 2 is 1.53 bits per heavy atom. The van der Waals surface area contributed by atoms with Crippen molar-refractivity contribution in [3.63, 3.8) is 0 Å². The summed E-state index contributed by atoms with van der Waals surface area (Å²) in [6.07, 6.45) is 0. The van der Waals surface area contributed by atoms with Gasteiger partial charge in [0.2, 0.25) is 0 Å². The number of thiocarbonyl (C=S) groups is 1. The number of rotatable bonds is 2. The molecule has 0 spiro atoms. The second-order valence-corrected chi connectivity index (χ2v) is 4.75. The van der Waals surface area contributed by atoms with Crippen LogP contribution < -0.4 is 22.1 Å². The molecule has 0 amide bonds. The Balaban J connectivity index is 2.01. The van der Waals surface area contributed by atoms with Gasteiger partial charge in [-0.1, -0.05) is 11.6 Å². The van der Waals surface area contributed by atoms with Gasteiger partial charge in [0, 0.05) is 17.1 Å². The molecule has 2 aromatic rings. The highest BCUT2D eigenvalue weighted by atomic mass is 35.5. The largest absolute Gasteiger partial charge is 0.399 e. The molecule has 0 heterocycles. The van der Waals surface area contributed by atoms with Crippen molar-refractivity contribution in [2.24, 2.45) is 0 Å². The summed E-state index contributed by atoms with van der Waals surface area (Å²) in [5.74, 6) is 0. The van der Waals surface area contributed by atoms with E-state index in [1.807, 2.05) is 12.1 Å². The van der Waals surface area contributed by atoms with E-state index in [1.165, 1.54) is 0 Å². The molecule has 0 aliphatic heterocycles. The molecule has 0 saturated heterocycles. The van der Waals surface area contributed by atoms with E-state index in [1.54, 1.807) is 30.3 Å². The molecular formula is C13H13ClN4S. The van der Waals surface area contributed by atoms with Gasteiger partial charge >= 0.3 is 0 Å². The van der Waals surface area contributed by atoms with Gasteiger partial charge in [0.15, 0.2) is 5.11 Å². The summed E-state index contributed by atoms with van der Waals surface area (Å²) in [5, 5.41) is 7.01. The molecule has 19 heavy (non-hydrogen) atoms. The van der Waals surface area contributed by atoms with Crippen molar-refractivity contribution in [3.05, 3.63) is 47.5 Å². The second kappa shape index (κ2) is 5.77. The standard InChI is InChI=1S/C13H13ClN4S/c14-11-7-10(5-6-12(11)16)18-13(19)17-9-3-1-8(15)2-4-9/h1-7H,15-16H2,(H2,17,18,19). The summed E-state index contributed by atoms with van der Waals surface area (Å²) < 4.78 is 0. The predicted molar refractivity (Wildman–Crippen MR) is 86.6 cm³/mol. The van der Waals surface area contributed by atoms with Crippen molar-refractivity contribution in [1.29, 1.82) is 0 Å². The molecule has 0 unspecified atom stereocenters. The average Bonchev–Trinajstić information content (AvgIpc) is 2.37. The topological polar surface area (TPSA) is 76.1 Å². The second-order valence-electron chi connectivity index (χ2n) is 3.94. The number of hydrogen-bond acceptors (Lipinski definition) is 3. The van der Waals surface area contributed by atoms with E-state index in [-0.39, 0.29) is 0 Å². The van der Waals surface area contributed by atoms with E-state index in [4.69, 9.17) is 35.3 Å². The third-order valence-corrected chi connectivity index (χ3v) is 2.96. The number of anilines is 4. The molecule has 4 nitrogen and oxygen atoms in total. The van der Waals surface area contributed by atoms with Crippen molar-refractivity contribution >= 4 is 51.7 Å². The zero-order valence-corrected chi connectivity index (χ0v) is 11.6. The maximum absolute atomic E-state index is 5.93. The summed E-state index contributed by atoms with van der Waals surface area (Å²) in [6.45, 7) is 0. The fourth-order valence-corrected chi connectivity index (χ4v) is 1.88. The number of nitrogens with two attached hydrogens (primary N) is 2. The summed E-state index contributed by atoms with van der Waals surface area (Å²) in [7, 11) is 0. The molecule has 0 aliphatic rings. The van der Waals surface area contributed by atoms with Crippen LogP contribution in [-0.4, -0.2) is 5.11 Å². The van der Waals surface area contributed by atoms with Crippen LogP contribution in [-0.2, 0) is 0 Å². The Morgan fingerprint density at radius 3 is 2.16 bits per heavy atom. The van der Waals surface area contributed by atoms with Crippen LogP contribution in [0.2, 0.25) is 5.02 Å². The number of hydrogen-bond donors (Lipinski definition) is 4. The fourth-order valence-electron chi connectivity index (χ4n) is 1.46. The molecule has 6 heteroatoms. The van der Waals surface area contributed by atoms with E-state index in [0.717, 1.165) is 11.4 Å². The maximum Gasteiger partial charge on any atom is 0.175 e. The number of halogens is 1. The van der Waals surface area contributed by atoms with Gasteiger partial charge in [0.25, 0.3) is 0 Å². The molecule has 0 aromatic heterocycles. The Bertz CT molecular complexity index is 598. The van der Waals surface area contributed by atoms with Crippen molar-refractivity contribution in [2.45, 2.75) is 0 Å². The third kappa shape index (κ3) is 3.74. The van der Waals surface area contributed by atoms with E-state index >= 15 is 0 Å². The van der Waals surface area contributed by atoms with Crippen LogP contribution in [0.15, 0.2) is 42.5 Å². The number of nitrogen functional groups attached to an aromatic ring is 2. The van der Waals surface area contributed by atoms with E-state index in [9.17, 15) is 0 Å². The molecule has 0 radical (unpaired) electrons. The monoisotopic (exact) mass is 292 g/mol. The molecule has 0 bridgehead atoms. The fraction of sp³-hybridized carbons (Fsp3) is 0. The maximum atomic E-state index is 5.93. The van der Waals surface area contributed by atoms with Crippen LogP contribution in [0.1, 0.15) is 0 Å². The lowest BCUT2D eigenvalue weighted by molar-refractivity contribution is 1.59. The Kier molecular flexibility index (Phi) is 4.09. The molecule has 98 valence electrons. The van der Waals surface area contributed by atoms with Crippen LogP contribution in [0.4, 0.5) is 22.7 Å². The predicted octanol–water partition coefficient (Wildman–Crippen LogP) is 3.31. The van der Waals surface area contributed by atoms with E-state index < -0.39 is 0 Å². The highest BCUT2D eigenvalue weighted by Gasteiger charge is 2.01. The van der Waals surface area contributed by atoms with Crippen LogP contribution in [0.25, 0.3) is 0 Å². The van der Waals surface area contributed by atoms with Crippen molar-refractivity contribution in [2.75, 3.05) is 22.1 Å². The molecule has 0 saturated carbocycles. The molecule has 0 fully saturated rings. The van der Waals surface area contributed by atoms with Gasteiger partial charge in [-0.05, 0) is 54.7 Å². The van der Waals surface area contributed by atoms with Gasteiger partial charge < -0.3 is 22.1 Å². The highest BCUT2D eigenvalue weighted by Crippen LogP contribution is 2.22. The quantitative estimate of drug-likeness (QED) is 0.505. The van der Waals surface area contributed by atoms with Crippen LogP contribution in [0.5, 0.6) is 0 Å². The molecular weight excluding hydrogens is 280 g/mol. The van der Waals surface area contributed by atoms with E-state index in [0.29, 0.717) is 21.5 Å². The first kappa shape index (κ1) is 13.5. The molecule has 2 rings (SSSR count). The first-order valence-electron chi connectivity index (χ1n) is 5.53. The lowest BCUT2D eigenvalue weighted by atomic mass is 10.3. The first-order valence-corrected chi connectivity index (χ1v) is 6.32. The number of benzene rings is 2. The van der Waals surface area contributed by atoms with Crippen LogP contribution >= 0.6 is 23.8 Å². The summed E-state index contributed by atoms with van der Waals surface area (Å²) >= 11 is 11.1. The zero-order valence-electron chi connectivity index (χ0n) is 9.98. The lowest BCUT2D eigenvalue weighted by Gasteiger charge is -2.11. The van der Waals surface area contributed by atoms with Crippen molar-refractivity contribution in [1.82, 2.24) is 0 Å². The van der Waals surface area contributed by atoms with Crippen molar-refractivity contribution < 1.29 is 0 Å². The Hall–Kier alpha value is -1.98. The van der Waals surface area contributed by atoms with Crippen LogP contribution in [0.3, 0.4) is 0 Å². The summed E-state index contributed by atoms with van der Waals surface area (Å²) in [6, 6.07) is 12.5. The molecule has 0 atom stereocenters.